The second-order valence-electron chi connectivity index (χ2n) is 10.0. The van der Waals surface area contributed by atoms with Gasteiger partial charge in [0.25, 0.3) is 0 Å². The number of fused-ring (bicyclic) bond motifs is 2. The lowest BCUT2D eigenvalue weighted by molar-refractivity contribution is 0.452. The fourth-order valence-corrected chi connectivity index (χ4v) is 6.94. The van der Waals surface area contributed by atoms with Crippen LogP contribution in [0.3, 0.4) is 0 Å². The van der Waals surface area contributed by atoms with Gasteiger partial charge in [0, 0.05) is 30.4 Å². The molecule has 0 bridgehead atoms. The smallest absolute Gasteiger partial charge is 0.209 e. The molecule has 0 unspecified atom stereocenters. The summed E-state index contributed by atoms with van der Waals surface area (Å²) in [5.41, 5.74) is 7.95. The Kier molecular flexibility index (Phi) is 7.36. The molecule has 13 heteroatoms. The molecule has 5 heterocycles. The summed E-state index contributed by atoms with van der Waals surface area (Å²) in [5.74, 6) is -0.0000378. The Morgan fingerprint density at radius 1 is 1.05 bits per heavy atom. The van der Waals surface area contributed by atoms with E-state index in [0.29, 0.717) is 44.9 Å². The summed E-state index contributed by atoms with van der Waals surface area (Å²) in [6, 6.07) is 10.1. The third kappa shape index (κ3) is 6.02. The third-order valence-electron chi connectivity index (χ3n) is 6.32. The SMILES string of the molecule is CN(C)CC1=CC(c2ccc3[nH]nc(-c4nc5c(-c6cc(F)cc(CNS(C)(=O)=O)c6)nccc5[nH]4)c3n2)=CI=C1. The third-order valence-corrected chi connectivity index (χ3v) is 9.18. The lowest BCUT2D eigenvalue weighted by Gasteiger charge is -2.13. The largest absolute Gasteiger partial charge is 0.336 e. The van der Waals surface area contributed by atoms with Crippen molar-refractivity contribution in [3.05, 3.63) is 75.4 Å². The molecule has 10 nitrogen and oxygen atoms in total. The van der Waals surface area contributed by atoms with Gasteiger partial charge in [-0.05, 0) is 75.8 Å². The number of rotatable bonds is 8. The molecule has 0 atom stereocenters. The second kappa shape index (κ2) is 11.0. The molecule has 4 aromatic heterocycles. The molecule has 1 aromatic carbocycles. The first kappa shape index (κ1) is 27.5. The summed E-state index contributed by atoms with van der Waals surface area (Å²) >= 11 is -0.194. The highest BCUT2D eigenvalue weighted by atomic mass is 127. The van der Waals surface area contributed by atoms with Crippen LogP contribution in [0.25, 0.3) is 50.4 Å². The van der Waals surface area contributed by atoms with Crippen LogP contribution < -0.4 is 4.72 Å². The molecule has 0 fully saturated rings. The van der Waals surface area contributed by atoms with Crippen molar-refractivity contribution in [1.82, 2.24) is 39.8 Å². The Hall–Kier alpha value is -3.66. The van der Waals surface area contributed by atoms with Gasteiger partial charge in [0.15, 0.2) is 11.5 Å². The molecule has 0 amide bonds. The number of hydrogen-bond donors (Lipinski definition) is 3. The zero-order valence-electron chi connectivity index (χ0n) is 22.4. The normalized spacial score (nSPS) is 14.0. The van der Waals surface area contributed by atoms with E-state index < -0.39 is 15.8 Å². The van der Waals surface area contributed by atoms with Crippen molar-refractivity contribution < 1.29 is 12.8 Å². The minimum Gasteiger partial charge on any atom is -0.336 e. The molecule has 0 saturated carbocycles. The number of likely N-dealkylation sites (N-methyl/N-ethyl adjacent to an activating group) is 1. The van der Waals surface area contributed by atoms with Gasteiger partial charge in [0.1, 0.15) is 16.9 Å². The lowest BCUT2D eigenvalue weighted by atomic mass is 10.1. The molecule has 3 N–H and O–H groups in total. The van der Waals surface area contributed by atoms with Crippen molar-refractivity contribution in [2.75, 3.05) is 26.9 Å². The molecule has 0 spiro atoms. The topological polar surface area (TPSA) is 133 Å². The average Bonchev–Trinajstić information content (AvgIpc) is 3.54. The van der Waals surface area contributed by atoms with E-state index in [1.165, 1.54) is 17.7 Å². The van der Waals surface area contributed by atoms with Crippen LogP contribution in [-0.2, 0) is 16.6 Å². The van der Waals surface area contributed by atoms with Crippen LogP contribution in [0, 0.1) is 5.82 Å². The Bertz CT molecular complexity index is 2010. The first-order valence-electron chi connectivity index (χ1n) is 12.6. The number of pyridine rings is 2. The van der Waals surface area contributed by atoms with Gasteiger partial charge in [-0.2, -0.15) is 5.10 Å². The molecule has 210 valence electrons. The highest BCUT2D eigenvalue weighted by molar-refractivity contribution is 14.2. The summed E-state index contributed by atoms with van der Waals surface area (Å²) in [6.45, 7) is 0.841. The molecule has 6 rings (SSSR count). The molecule has 5 aromatic rings. The highest BCUT2D eigenvalue weighted by Crippen LogP contribution is 2.32. The monoisotopic (exact) mass is 684 g/mol. The maximum Gasteiger partial charge on any atom is 0.209 e. The predicted molar refractivity (Wildman–Crippen MR) is 169 cm³/mol. The number of aromatic amines is 2. The molecule has 1 aliphatic heterocycles. The standard InChI is InChI=1S/C28H26FIN8O2S/c1-38(2)15-17-9-19(13-30-12-17)21-4-5-23-26(33-21)27(37-36-23)28-34-22-6-7-31-24(25(22)35-28)18-8-16(10-20(29)11-18)14-32-41(3,39)40/h4-13,32H,14-15H2,1-3H3,(H,34,35)(H,36,37). The maximum atomic E-state index is 14.5. The summed E-state index contributed by atoms with van der Waals surface area (Å²) < 4.78 is 44.6. The van der Waals surface area contributed by atoms with Gasteiger partial charge in [0.2, 0.25) is 10.0 Å². The Labute approximate surface area is 245 Å². The Morgan fingerprint density at radius 2 is 1.88 bits per heavy atom. The summed E-state index contributed by atoms with van der Waals surface area (Å²) in [5, 5.41) is 7.56. The molecule has 1 aliphatic rings. The molecule has 0 saturated heterocycles. The van der Waals surface area contributed by atoms with Gasteiger partial charge in [0.05, 0.1) is 28.7 Å². The summed E-state index contributed by atoms with van der Waals surface area (Å²) in [7, 11) is 0.686. The number of benzene rings is 1. The van der Waals surface area contributed by atoms with Crippen LogP contribution in [0.5, 0.6) is 0 Å². The van der Waals surface area contributed by atoms with Gasteiger partial charge >= 0.3 is 0 Å². The number of hydrogen-bond acceptors (Lipinski definition) is 7. The van der Waals surface area contributed by atoms with E-state index in [9.17, 15) is 12.8 Å². The second-order valence-corrected chi connectivity index (χ2v) is 13.8. The quantitative estimate of drug-likeness (QED) is 0.207. The van der Waals surface area contributed by atoms with Crippen LogP contribution in [-0.4, -0.2) is 74.4 Å². The van der Waals surface area contributed by atoms with Gasteiger partial charge in [-0.3, -0.25) is 10.1 Å². The van der Waals surface area contributed by atoms with Crippen LogP contribution in [0.2, 0.25) is 0 Å². The van der Waals surface area contributed by atoms with E-state index in [-0.39, 0.29) is 27.3 Å². The predicted octanol–water partition coefficient (Wildman–Crippen LogP) is 4.37. The number of H-pyrrole nitrogens is 2. The lowest BCUT2D eigenvalue weighted by Crippen LogP contribution is -2.21. The molecule has 0 aliphatic carbocycles. The van der Waals surface area contributed by atoms with Gasteiger partial charge in [-0.25, -0.2) is 27.5 Å². The van der Waals surface area contributed by atoms with E-state index in [1.54, 1.807) is 18.3 Å². The Balaban J connectivity index is 1.39. The highest BCUT2D eigenvalue weighted by Gasteiger charge is 2.18. The van der Waals surface area contributed by atoms with Gasteiger partial charge in [-0.1, -0.05) is 20.7 Å². The van der Waals surface area contributed by atoms with Gasteiger partial charge in [-0.15, -0.1) is 0 Å². The zero-order chi connectivity index (χ0) is 28.7. The minimum absolute atomic E-state index is 0.0408. The van der Waals surface area contributed by atoms with Crippen LogP contribution in [0.15, 0.2) is 58.3 Å². The number of halogens is 2. The number of allylic oxidation sites excluding steroid dienone is 2. The number of nitrogens with zero attached hydrogens (tertiary/aromatic N) is 5. The van der Waals surface area contributed by atoms with Crippen molar-refractivity contribution in [3.8, 4) is 22.8 Å². The first-order chi connectivity index (χ1) is 19.6. The fraction of sp³-hybridized carbons (Fsp3) is 0.179. The van der Waals surface area contributed by atoms with Crippen LogP contribution in [0.4, 0.5) is 4.39 Å². The first-order valence-corrected chi connectivity index (χ1v) is 17.0. The van der Waals surface area contributed by atoms with Gasteiger partial charge < -0.3 is 9.88 Å². The number of sulfonamides is 1. The number of aromatic nitrogens is 6. The van der Waals surface area contributed by atoms with Crippen LogP contribution >= 0.6 is 20.7 Å². The molecular formula is C28H26FIN8O2S. The van der Waals surface area contributed by atoms with E-state index in [4.69, 9.17) is 9.97 Å². The van der Waals surface area contributed by atoms with Crippen LogP contribution in [0.1, 0.15) is 11.3 Å². The van der Waals surface area contributed by atoms with Crippen molar-refractivity contribution >= 4 is 62.4 Å². The van der Waals surface area contributed by atoms with E-state index >= 15 is 0 Å². The molecular weight excluding hydrogens is 658 g/mol. The summed E-state index contributed by atoms with van der Waals surface area (Å²) in [6.07, 6.45) is 4.86. The number of imidazole rings is 1. The fourth-order valence-electron chi connectivity index (χ4n) is 4.61. The Morgan fingerprint density at radius 3 is 2.68 bits per heavy atom. The summed E-state index contributed by atoms with van der Waals surface area (Å²) in [4.78, 5) is 19.7. The van der Waals surface area contributed by atoms with E-state index in [1.807, 2.05) is 12.1 Å². The maximum absolute atomic E-state index is 14.5. The van der Waals surface area contributed by atoms with Crippen molar-refractivity contribution in [2.24, 2.45) is 0 Å². The molecule has 41 heavy (non-hydrogen) atoms. The molecule has 0 radical (unpaired) electrons. The van der Waals surface area contributed by atoms with Crippen molar-refractivity contribution in [2.45, 2.75) is 6.54 Å². The zero-order valence-corrected chi connectivity index (χ0v) is 25.4. The number of nitrogens with one attached hydrogen (secondary N) is 3. The minimum atomic E-state index is -3.44. The van der Waals surface area contributed by atoms with Crippen molar-refractivity contribution in [3.63, 3.8) is 0 Å². The van der Waals surface area contributed by atoms with Crippen molar-refractivity contribution in [1.29, 1.82) is 0 Å². The average molecular weight is 685 g/mol. The van der Waals surface area contributed by atoms with E-state index in [0.717, 1.165) is 29.6 Å². The van der Waals surface area contributed by atoms with E-state index in [2.05, 4.69) is 58.1 Å².